The van der Waals surface area contributed by atoms with E-state index in [0.717, 1.165) is 0 Å². The van der Waals surface area contributed by atoms with E-state index in [1.807, 2.05) is 96.9 Å². The molecular formula is C22H58. The standard InChI is InChI=1S/7C2H6.4C2H4/c11*1-2/h7*1-2H3;4*1-2H2. The maximum atomic E-state index is 3.00. The second-order valence-electron chi connectivity index (χ2n) is 0. The van der Waals surface area contributed by atoms with Gasteiger partial charge in [-0.2, -0.15) is 0 Å². The third kappa shape index (κ3) is 5650. The van der Waals surface area contributed by atoms with Crippen LogP contribution < -0.4 is 0 Å². The van der Waals surface area contributed by atoms with E-state index < -0.39 is 0 Å². The van der Waals surface area contributed by atoms with E-state index in [9.17, 15) is 0 Å². The Balaban J connectivity index is -0.00000000672. The van der Waals surface area contributed by atoms with E-state index in [0.29, 0.717) is 0 Å². The van der Waals surface area contributed by atoms with Crippen LogP contribution in [0.25, 0.3) is 0 Å². The van der Waals surface area contributed by atoms with Gasteiger partial charge in [-0.3, -0.25) is 0 Å². The van der Waals surface area contributed by atoms with Crippen molar-refractivity contribution < 1.29 is 0 Å². The Kier molecular flexibility index (Phi) is 25400. The minimum atomic E-state index is 2.00. The Morgan fingerprint density at radius 1 is 0.182 bits per heavy atom. The van der Waals surface area contributed by atoms with Gasteiger partial charge in [-0.05, 0) is 0 Å². The molecule has 22 heavy (non-hydrogen) atoms. The van der Waals surface area contributed by atoms with Crippen molar-refractivity contribution in [2.45, 2.75) is 96.9 Å². The molecule has 0 aliphatic heterocycles. The Hall–Kier alpha value is -1.04. The first-order chi connectivity index (χ1) is 11.0. The first-order valence-corrected chi connectivity index (χ1v) is 9.00. The molecule has 0 atom stereocenters. The largest absolute Gasteiger partial charge is 0.106 e. The van der Waals surface area contributed by atoms with Crippen LogP contribution in [0.5, 0.6) is 0 Å². The van der Waals surface area contributed by atoms with Gasteiger partial charge in [-0.1, -0.05) is 96.9 Å². The van der Waals surface area contributed by atoms with Crippen molar-refractivity contribution in [2.75, 3.05) is 0 Å². The molecule has 0 aliphatic rings. The minimum absolute atomic E-state index is 2.00. The van der Waals surface area contributed by atoms with Crippen LogP contribution in [0.15, 0.2) is 52.6 Å². The monoisotopic (exact) mass is 322 g/mol. The van der Waals surface area contributed by atoms with Gasteiger partial charge in [0.2, 0.25) is 0 Å². The smallest absolute Gasteiger partial charge is 0.0683 e. The highest BCUT2D eigenvalue weighted by molar-refractivity contribution is 4.23. The summed E-state index contributed by atoms with van der Waals surface area (Å²) >= 11 is 0. The second-order valence-corrected chi connectivity index (χ2v) is 0. The molecule has 0 bridgehead atoms. The molecule has 0 N–H and O–H groups in total. The van der Waals surface area contributed by atoms with E-state index >= 15 is 0 Å². The normalized spacial score (nSPS) is 2.64. The first-order valence-electron chi connectivity index (χ1n) is 9.00. The molecule has 0 spiro atoms. The van der Waals surface area contributed by atoms with Gasteiger partial charge in [-0.15, -0.1) is 52.6 Å². The molecule has 0 aliphatic carbocycles. The van der Waals surface area contributed by atoms with E-state index in [-0.39, 0.29) is 0 Å². The molecule has 0 radical (unpaired) electrons. The van der Waals surface area contributed by atoms with Crippen LogP contribution in [-0.4, -0.2) is 0 Å². The quantitative estimate of drug-likeness (QED) is 0.389. The molecule has 0 nitrogen and oxygen atoms in total. The average Bonchev–Trinajstić information content (AvgIpc) is 2.78. The maximum Gasteiger partial charge on any atom is -0.0683 e. The zero-order valence-corrected chi connectivity index (χ0v) is 19.7. The van der Waals surface area contributed by atoms with Gasteiger partial charge in [0.1, 0.15) is 0 Å². The van der Waals surface area contributed by atoms with Gasteiger partial charge < -0.3 is 0 Å². The average molecular weight is 323 g/mol. The lowest BCUT2D eigenvalue weighted by Gasteiger charge is -1.07. The summed E-state index contributed by atoms with van der Waals surface area (Å²) in [6.45, 7) is 52.0. The van der Waals surface area contributed by atoms with Crippen LogP contribution in [0.4, 0.5) is 0 Å². The minimum Gasteiger partial charge on any atom is -0.106 e. The van der Waals surface area contributed by atoms with Gasteiger partial charge in [-0.25, -0.2) is 0 Å². The molecule has 0 heteroatoms. The SMILES string of the molecule is C=C.C=C.C=C.C=C.CC.CC.CC.CC.CC.CC.CC. The zero-order chi connectivity index (χ0) is 22.0. The highest BCUT2D eigenvalue weighted by Crippen LogP contribution is 1.16. The van der Waals surface area contributed by atoms with Crippen molar-refractivity contribution in [1.29, 1.82) is 0 Å². The molecule has 0 saturated carbocycles. The highest BCUT2D eigenvalue weighted by atomic mass is 13.0. The van der Waals surface area contributed by atoms with Crippen LogP contribution in [0.2, 0.25) is 0 Å². The van der Waals surface area contributed by atoms with Crippen molar-refractivity contribution in [1.82, 2.24) is 0 Å². The Morgan fingerprint density at radius 3 is 0.182 bits per heavy atom. The number of hydrogen-bond acceptors (Lipinski definition) is 0. The van der Waals surface area contributed by atoms with Crippen molar-refractivity contribution in [3.63, 3.8) is 0 Å². The molecule has 0 aromatic rings. The lowest BCUT2D eigenvalue weighted by molar-refractivity contribution is 1.50. The van der Waals surface area contributed by atoms with Gasteiger partial charge >= 0.3 is 0 Å². The lowest BCUT2D eigenvalue weighted by Crippen LogP contribution is -0.856. The molecule has 0 aromatic carbocycles. The van der Waals surface area contributed by atoms with Gasteiger partial charge in [0, 0.05) is 0 Å². The summed E-state index contributed by atoms with van der Waals surface area (Å²) in [5.41, 5.74) is 0. The summed E-state index contributed by atoms with van der Waals surface area (Å²) in [4.78, 5) is 0. The Labute approximate surface area is 150 Å². The summed E-state index contributed by atoms with van der Waals surface area (Å²) in [5, 5.41) is 0. The van der Waals surface area contributed by atoms with Gasteiger partial charge in [0.15, 0.2) is 0 Å². The summed E-state index contributed by atoms with van der Waals surface area (Å²) in [6.07, 6.45) is 0. The fraction of sp³-hybridized carbons (Fsp3) is 0.636. The third-order valence-electron chi connectivity index (χ3n) is 0. The van der Waals surface area contributed by atoms with Crippen LogP contribution >= 0.6 is 0 Å². The molecular weight excluding hydrogens is 264 g/mol. The molecule has 0 saturated heterocycles. The summed E-state index contributed by atoms with van der Waals surface area (Å²) in [6, 6.07) is 0. The lowest BCUT2D eigenvalue weighted by atomic mass is 11.0. The van der Waals surface area contributed by atoms with Crippen LogP contribution in [0.1, 0.15) is 96.9 Å². The van der Waals surface area contributed by atoms with E-state index in [1.54, 1.807) is 0 Å². The first kappa shape index (κ1) is 84.2. The van der Waals surface area contributed by atoms with Crippen molar-refractivity contribution in [3.05, 3.63) is 52.6 Å². The summed E-state index contributed by atoms with van der Waals surface area (Å²) in [5.74, 6) is 0. The van der Waals surface area contributed by atoms with Crippen molar-refractivity contribution >= 4 is 0 Å². The Bertz CT molecular complexity index is 8.00. The van der Waals surface area contributed by atoms with Crippen molar-refractivity contribution in [2.24, 2.45) is 0 Å². The fourth-order valence-corrected chi connectivity index (χ4v) is 0. The third-order valence-corrected chi connectivity index (χ3v) is 0. The van der Waals surface area contributed by atoms with E-state index in [4.69, 9.17) is 0 Å². The number of hydrogen-bond donors (Lipinski definition) is 0. The Morgan fingerprint density at radius 2 is 0.182 bits per heavy atom. The zero-order valence-electron chi connectivity index (χ0n) is 19.7. The number of rotatable bonds is 0. The molecule has 0 rings (SSSR count). The predicted molar refractivity (Wildman–Crippen MR) is 124 cm³/mol. The molecule has 0 aromatic heterocycles. The summed E-state index contributed by atoms with van der Waals surface area (Å²) in [7, 11) is 0. The molecule has 0 amide bonds. The van der Waals surface area contributed by atoms with Crippen LogP contribution in [0, 0.1) is 0 Å². The fourth-order valence-electron chi connectivity index (χ4n) is 0. The van der Waals surface area contributed by atoms with Crippen LogP contribution in [-0.2, 0) is 0 Å². The topological polar surface area (TPSA) is 0 Å². The summed E-state index contributed by atoms with van der Waals surface area (Å²) < 4.78 is 0. The van der Waals surface area contributed by atoms with Gasteiger partial charge in [0.05, 0.1) is 0 Å². The molecule has 0 unspecified atom stereocenters. The van der Waals surface area contributed by atoms with Gasteiger partial charge in [0.25, 0.3) is 0 Å². The second kappa shape index (κ2) is 6630. The van der Waals surface area contributed by atoms with E-state index in [2.05, 4.69) is 52.6 Å². The van der Waals surface area contributed by atoms with Crippen LogP contribution in [0.3, 0.4) is 0 Å². The van der Waals surface area contributed by atoms with E-state index in [1.165, 1.54) is 0 Å². The molecule has 146 valence electrons. The van der Waals surface area contributed by atoms with Crippen molar-refractivity contribution in [3.8, 4) is 0 Å². The molecule has 0 fully saturated rings. The predicted octanol–water partition coefficient (Wildman–Crippen LogP) is 10.4. The maximum absolute atomic E-state index is 3.00. The highest BCUT2D eigenvalue weighted by Gasteiger charge is 0.944. The molecule has 0 heterocycles.